The summed E-state index contributed by atoms with van der Waals surface area (Å²) in [5, 5.41) is 10.9. The van der Waals surface area contributed by atoms with Crippen molar-refractivity contribution in [3.05, 3.63) is 34.4 Å². The van der Waals surface area contributed by atoms with E-state index in [4.69, 9.17) is 0 Å². The van der Waals surface area contributed by atoms with Gasteiger partial charge in [-0.3, -0.25) is 4.79 Å². The standard InChI is InChI=1S/C16H18BrNO2/c1-18-10-13(17)12-6-5-11(9-14(12)18)16(15(19)20)7-3-2-4-8-16/h5-6,9-10H,2-4,7-8H2,1H3,(H,19,20). The maximum absolute atomic E-state index is 11.9. The first-order chi connectivity index (χ1) is 9.54. The lowest BCUT2D eigenvalue weighted by Gasteiger charge is -2.33. The molecule has 0 aliphatic heterocycles. The molecule has 3 nitrogen and oxygen atoms in total. The zero-order valence-corrected chi connectivity index (χ0v) is 13.1. The minimum atomic E-state index is -0.691. The maximum atomic E-state index is 11.9. The molecule has 0 saturated heterocycles. The van der Waals surface area contributed by atoms with Crippen molar-refractivity contribution >= 4 is 32.8 Å². The highest BCUT2D eigenvalue weighted by molar-refractivity contribution is 9.10. The quantitative estimate of drug-likeness (QED) is 0.892. The first-order valence-corrected chi connectivity index (χ1v) is 7.82. The first kappa shape index (κ1) is 13.7. The minimum absolute atomic E-state index is 0.676. The van der Waals surface area contributed by atoms with Crippen LogP contribution in [0.4, 0.5) is 0 Å². The molecule has 1 aromatic carbocycles. The summed E-state index contributed by atoms with van der Waals surface area (Å²) in [5.41, 5.74) is 1.34. The van der Waals surface area contributed by atoms with Gasteiger partial charge in [-0.25, -0.2) is 0 Å². The highest BCUT2D eigenvalue weighted by Gasteiger charge is 2.41. The molecular weight excluding hydrogens is 318 g/mol. The Balaban J connectivity index is 2.16. The third-order valence-electron chi connectivity index (χ3n) is 4.61. The molecule has 1 N–H and O–H groups in total. The average molecular weight is 336 g/mol. The monoisotopic (exact) mass is 335 g/mol. The fraction of sp³-hybridized carbons (Fsp3) is 0.438. The second kappa shape index (κ2) is 4.92. The maximum Gasteiger partial charge on any atom is 0.314 e. The van der Waals surface area contributed by atoms with Crippen molar-refractivity contribution in [2.45, 2.75) is 37.5 Å². The van der Waals surface area contributed by atoms with Gasteiger partial charge in [-0.15, -0.1) is 0 Å². The number of carboxylic acid groups (broad SMARTS) is 1. The molecule has 106 valence electrons. The van der Waals surface area contributed by atoms with Gasteiger partial charge in [0.25, 0.3) is 0 Å². The number of hydrogen-bond acceptors (Lipinski definition) is 1. The summed E-state index contributed by atoms with van der Waals surface area (Å²) in [4.78, 5) is 11.9. The molecule has 1 fully saturated rings. The molecule has 4 heteroatoms. The zero-order chi connectivity index (χ0) is 14.3. The summed E-state index contributed by atoms with van der Waals surface area (Å²) in [6.07, 6.45) is 6.66. The Morgan fingerprint density at radius 1 is 1.30 bits per heavy atom. The Labute approximate surface area is 126 Å². The molecule has 0 spiro atoms. The molecular formula is C16H18BrNO2. The highest BCUT2D eigenvalue weighted by Crippen LogP contribution is 2.41. The first-order valence-electron chi connectivity index (χ1n) is 7.03. The largest absolute Gasteiger partial charge is 0.481 e. The minimum Gasteiger partial charge on any atom is -0.481 e. The van der Waals surface area contributed by atoms with E-state index >= 15 is 0 Å². The zero-order valence-electron chi connectivity index (χ0n) is 11.5. The number of carbonyl (C=O) groups is 1. The van der Waals surface area contributed by atoms with Crippen LogP contribution in [-0.4, -0.2) is 15.6 Å². The smallest absolute Gasteiger partial charge is 0.314 e. The van der Waals surface area contributed by atoms with Crippen LogP contribution in [0.2, 0.25) is 0 Å². The number of fused-ring (bicyclic) bond motifs is 1. The van der Waals surface area contributed by atoms with Crippen molar-refractivity contribution in [3.63, 3.8) is 0 Å². The van der Waals surface area contributed by atoms with E-state index in [1.54, 1.807) is 0 Å². The molecule has 0 radical (unpaired) electrons. The third-order valence-corrected chi connectivity index (χ3v) is 5.24. The number of hydrogen-bond donors (Lipinski definition) is 1. The van der Waals surface area contributed by atoms with Crippen LogP contribution in [0.25, 0.3) is 10.9 Å². The van der Waals surface area contributed by atoms with Crippen molar-refractivity contribution in [1.29, 1.82) is 0 Å². The van der Waals surface area contributed by atoms with Crippen LogP contribution in [0, 0.1) is 0 Å². The van der Waals surface area contributed by atoms with Crippen LogP contribution >= 0.6 is 15.9 Å². The van der Waals surface area contributed by atoms with Crippen LogP contribution in [0.15, 0.2) is 28.9 Å². The average Bonchev–Trinajstić information content (AvgIpc) is 2.74. The van der Waals surface area contributed by atoms with Crippen LogP contribution < -0.4 is 0 Å². The second-order valence-electron chi connectivity index (χ2n) is 5.77. The summed E-state index contributed by atoms with van der Waals surface area (Å²) < 4.78 is 3.09. The normalized spacial score (nSPS) is 18.3. The van der Waals surface area contributed by atoms with E-state index < -0.39 is 11.4 Å². The van der Waals surface area contributed by atoms with Gasteiger partial charge < -0.3 is 9.67 Å². The van der Waals surface area contributed by atoms with Crippen LogP contribution in [0.3, 0.4) is 0 Å². The molecule has 1 heterocycles. The van der Waals surface area contributed by atoms with E-state index in [2.05, 4.69) is 22.0 Å². The number of aryl methyl sites for hydroxylation is 1. The number of halogens is 1. The van der Waals surface area contributed by atoms with E-state index in [1.165, 1.54) is 0 Å². The summed E-state index contributed by atoms with van der Waals surface area (Å²) >= 11 is 3.54. The highest BCUT2D eigenvalue weighted by atomic mass is 79.9. The van der Waals surface area contributed by atoms with Crippen LogP contribution in [-0.2, 0) is 17.3 Å². The Morgan fingerprint density at radius 2 is 2.00 bits per heavy atom. The van der Waals surface area contributed by atoms with Crippen molar-refractivity contribution in [1.82, 2.24) is 4.57 Å². The predicted octanol–water partition coefficient (Wildman–Crippen LogP) is 4.23. The Hall–Kier alpha value is -1.29. The summed E-state index contributed by atoms with van der Waals surface area (Å²) in [6, 6.07) is 6.08. The van der Waals surface area contributed by atoms with Gasteiger partial charge in [0.1, 0.15) is 0 Å². The SMILES string of the molecule is Cn1cc(Br)c2ccc(C3(C(=O)O)CCCCC3)cc21. The predicted molar refractivity (Wildman–Crippen MR) is 83.0 cm³/mol. The van der Waals surface area contributed by atoms with Crippen molar-refractivity contribution in [2.75, 3.05) is 0 Å². The topological polar surface area (TPSA) is 42.2 Å². The second-order valence-corrected chi connectivity index (χ2v) is 6.62. The van der Waals surface area contributed by atoms with E-state index in [1.807, 2.05) is 29.9 Å². The molecule has 1 saturated carbocycles. The van der Waals surface area contributed by atoms with Crippen LogP contribution in [0.1, 0.15) is 37.7 Å². The molecule has 0 bridgehead atoms. The molecule has 0 atom stereocenters. The van der Waals surface area contributed by atoms with Crippen molar-refractivity contribution < 1.29 is 9.90 Å². The Bertz CT molecular complexity index is 668. The van der Waals surface area contributed by atoms with Gasteiger partial charge in [0.05, 0.1) is 5.41 Å². The van der Waals surface area contributed by atoms with Crippen LogP contribution in [0.5, 0.6) is 0 Å². The molecule has 2 aromatic rings. The van der Waals surface area contributed by atoms with E-state index in [0.29, 0.717) is 0 Å². The molecule has 0 unspecified atom stereocenters. The van der Waals surface area contributed by atoms with E-state index in [-0.39, 0.29) is 0 Å². The summed E-state index contributed by atoms with van der Waals surface area (Å²) in [5.74, 6) is -0.676. The van der Waals surface area contributed by atoms with Crippen molar-refractivity contribution in [3.8, 4) is 0 Å². The van der Waals surface area contributed by atoms with Gasteiger partial charge in [0, 0.05) is 28.6 Å². The van der Waals surface area contributed by atoms with Crippen molar-refractivity contribution in [2.24, 2.45) is 7.05 Å². The number of carboxylic acids is 1. The van der Waals surface area contributed by atoms with E-state index in [9.17, 15) is 9.90 Å². The number of nitrogens with zero attached hydrogens (tertiary/aromatic N) is 1. The molecule has 1 aliphatic rings. The lowest BCUT2D eigenvalue weighted by Crippen LogP contribution is -2.37. The van der Waals surface area contributed by atoms with Gasteiger partial charge in [-0.1, -0.05) is 31.4 Å². The number of rotatable bonds is 2. The molecule has 20 heavy (non-hydrogen) atoms. The van der Waals surface area contributed by atoms with Gasteiger partial charge >= 0.3 is 5.97 Å². The molecule has 1 aliphatic carbocycles. The fourth-order valence-electron chi connectivity index (χ4n) is 3.41. The van der Waals surface area contributed by atoms with E-state index in [0.717, 1.165) is 53.0 Å². The van der Waals surface area contributed by atoms with Gasteiger partial charge in [0.2, 0.25) is 0 Å². The van der Waals surface area contributed by atoms with Gasteiger partial charge in [0.15, 0.2) is 0 Å². The molecule has 1 aromatic heterocycles. The van der Waals surface area contributed by atoms with Gasteiger partial charge in [-0.2, -0.15) is 0 Å². The molecule has 0 amide bonds. The Kier molecular flexibility index (Phi) is 3.36. The third kappa shape index (κ3) is 1.97. The molecule has 3 rings (SSSR count). The number of benzene rings is 1. The number of aromatic nitrogens is 1. The Morgan fingerprint density at radius 3 is 2.65 bits per heavy atom. The number of aliphatic carboxylic acids is 1. The van der Waals surface area contributed by atoms with Gasteiger partial charge in [-0.05, 0) is 40.4 Å². The lowest BCUT2D eigenvalue weighted by molar-refractivity contribution is -0.145. The summed E-state index contributed by atoms with van der Waals surface area (Å²) in [6.45, 7) is 0. The fourth-order valence-corrected chi connectivity index (χ4v) is 4.06. The summed E-state index contributed by atoms with van der Waals surface area (Å²) in [7, 11) is 1.99. The lowest BCUT2D eigenvalue weighted by atomic mass is 9.69.